The Morgan fingerprint density at radius 2 is 1.89 bits per heavy atom. The highest BCUT2D eigenvalue weighted by Gasteiger charge is 2.68. The molecule has 2 aliphatic heterocycles. The minimum atomic E-state index is -1.29. The Bertz CT molecular complexity index is 937. The first-order chi connectivity index (χ1) is 13.4. The number of amides is 2. The van der Waals surface area contributed by atoms with Crippen molar-refractivity contribution < 1.29 is 23.5 Å². The molecule has 2 saturated heterocycles. The van der Waals surface area contributed by atoms with Crippen molar-refractivity contribution in [2.75, 3.05) is 12.0 Å². The van der Waals surface area contributed by atoms with Gasteiger partial charge in [0.1, 0.15) is 17.1 Å². The average molecular weight is 382 g/mol. The number of methoxy groups -OCH3 is 1. The van der Waals surface area contributed by atoms with E-state index in [0.717, 1.165) is 0 Å². The number of hydrogen-bond acceptors (Lipinski definition) is 6. The topological polar surface area (TPSA) is 88.8 Å². The van der Waals surface area contributed by atoms with Gasteiger partial charge in [0.05, 0.1) is 30.7 Å². The standard InChI is InChI=1S/C21H22N2O5/c1-4-21(20(26)27-3)16-15(17(22-21)14-11-10-12(2)28-14)18(24)23(19(16)25)13-8-6-5-7-9-13/h5-11,15-17,22H,4H2,1-3H3/t15-,16-,17-,21-/m0/s1. The molecule has 0 spiro atoms. The van der Waals surface area contributed by atoms with E-state index in [1.807, 2.05) is 6.07 Å². The number of imide groups is 1. The molecule has 0 radical (unpaired) electrons. The molecule has 1 N–H and O–H groups in total. The second kappa shape index (κ2) is 6.60. The summed E-state index contributed by atoms with van der Waals surface area (Å²) in [5.74, 6) is -1.68. The van der Waals surface area contributed by atoms with Crippen LogP contribution in [0.25, 0.3) is 0 Å². The maximum absolute atomic E-state index is 13.4. The van der Waals surface area contributed by atoms with Crippen LogP contribution >= 0.6 is 0 Å². The van der Waals surface area contributed by atoms with Gasteiger partial charge in [-0.25, -0.2) is 4.90 Å². The molecule has 2 amide bonds. The summed E-state index contributed by atoms with van der Waals surface area (Å²) in [7, 11) is 1.29. The highest BCUT2D eigenvalue weighted by Crippen LogP contribution is 2.51. The Morgan fingerprint density at radius 3 is 2.46 bits per heavy atom. The lowest BCUT2D eigenvalue weighted by Crippen LogP contribution is -2.55. The fraction of sp³-hybridized carbons (Fsp3) is 0.381. The van der Waals surface area contributed by atoms with E-state index in [1.165, 1.54) is 12.0 Å². The van der Waals surface area contributed by atoms with Crippen LogP contribution in [0.3, 0.4) is 0 Å². The maximum Gasteiger partial charge on any atom is 0.326 e. The van der Waals surface area contributed by atoms with Gasteiger partial charge in [0.2, 0.25) is 11.8 Å². The van der Waals surface area contributed by atoms with Crippen LogP contribution in [0, 0.1) is 18.8 Å². The normalized spacial score (nSPS) is 29.2. The Morgan fingerprint density at radius 1 is 1.18 bits per heavy atom. The van der Waals surface area contributed by atoms with Gasteiger partial charge in [0, 0.05) is 0 Å². The fourth-order valence-electron chi connectivity index (χ4n) is 4.54. The van der Waals surface area contributed by atoms with Gasteiger partial charge in [-0.3, -0.25) is 19.7 Å². The van der Waals surface area contributed by atoms with Crippen LogP contribution in [0.4, 0.5) is 5.69 Å². The lowest BCUT2D eigenvalue weighted by molar-refractivity contribution is -0.152. The molecule has 4 rings (SSSR count). The minimum absolute atomic E-state index is 0.304. The zero-order valence-electron chi connectivity index (χ0n) is 16.0. The number of fused-ring (bicyclic) bond motifs is 1. The summed E-state index contributed by atoms with van der Waals surface area (Å²) < 4.78 is 10.8. The predicted molar refractivity (Wildman–Crippen MR) is 100 cm³/mol. The van der Waals surface area contributed by atoms with Crippen molar-refractivity contribution in [3.8, 4) is 0 Å². The number of carbonyl (C=O) groups is 3. The van der Waals surface area contributed by atoms with E-state index >= 15 is 0 Å². The number of furan rings is 1. The molecule has 7 heteroatoms. The number of nitrogens with one attached hydrogen (secondary N) is 1. The van der Waals surface area contributed by atoms with E-state index in [4.69, 9.17) is 9.15 Å². The Labute approximate surface area is 162 Å². The van der Waals surface area contributed by atoms with Crippen molar-refractivity contribution in [3.05, 3.63) is 54.0 Å². The number of nitrogens with zero attached hydrogens (tertiary/aromatic N) is 1. The fourth-order valence-corrected chi connectivity index (χ4v) is 4.54. The van der Waals surface area contributed by atoms with Crippen molar-refractivity contribution in [3.63, 3.8) is 0 Å². The molecule has 1 aromatic carbocycles. The molecule has 28 heavy (non-hydrogen) atoms. The van der Waals surface area contributed by atoms with Gasteiger partial charge < -0.3 is 9.15 Å². The Kier molecular flexibility index (Phi) is 4.34. The number of benzene rings is 1. The third-order valence-corrected chi connectivity index (χ3v) is 5.84. The van der Waals surface area contributed by atoms with Crippen LogP contribution < -0.4 is 10.2 Å². The third-order valence-electron chi connectivity index (χ3n) is 5.84. The second-order valence-corrected chi connectivity index (χ2v) is 7.24. The van der Waals surface area contributed by atoms with E-state index in [9.17, 15) is 14.4 Å². The van der Waals surface area contributed by atoms with Crippen LogP contribution in [-0.2, 0) is 19.1 Å². The van der Waals surface area contributed by atoms with Crippen LogP contribution in [0.2, 0.25) is 0 Å². The zero-order valence-corrected chi connectivity index (χ0v) is 16.0. The van der Waals surface area contributed by atoms with Crippen molar-refractivity contribution >= 4 is 23.5 Å². The van der Waals surface area contributed by atoms with Crippen molar-refractivity contribution in [1.29, 1.82) is 0 Å². The number of ether oxygens (including phenoxy) is 1. The summed E-state index contributed by atoms with van der Waals surface area (Å²) in [5, 5.41) is 3.23. The molecule has 1 aromatic heterocycles. The molecule has 3 heterocycles. The number of anilines is 1. The van der Waals surface area contributed by atoms with Gasteiger partial charge in [-0.15, -0.1) is 0 Å². The molecular weight excluding hydrogens is 360 g/mol. The number of carbonyl (C=O) groups excluding carboxylic acids is 3. The number of esters is 1. The summed E-state index contributed by atoms with van der Waals surface area (Å²) in [6.45, 7) is 3.61. The molecule has 2 fully saturated rings. The van der Waals surface area contributed by atoms with E-state index in [0.29, 0.717) is 23.6 Å². The SMILES string of the molecule is CC[C@]1(C(=O)OC)N[C@@H](c2ccc(C)o2)[C@H]2C(=O)N(c3ccccc3)C(=O)[C@H]21. The number of rotatable bonds is 4. The average Bonchev–Trinajstić information content (AvgIpc) is 3.36. The number of para-hydroxylation sites is 1. The van der Waals surface area contributed by atoms with Crippen LogP contribution in [-0.4, -0.2) is 30.4 Å². The predicted octanol–water partition coefficient (Wildman–Crippen LogP) is 2.36. The highest BCUT2D eigenvalue weighted by atomic mass is 16.5. The largest absolute Gasteiger partial charge is 0.468 e. The quantitative estimate of drug-likeness (QED) is 0.645. The molecule has 0 unspecified atom stereocenters. The lowest BCUT2D eigenvalue weighted by atomic mass is 9.78. The van der Waals surface area contributed by atoms with E-state index in [-0.39, 0.29) is 5.91 Å². The summed E-state index contributed by atoms with van der Waals surface area (Å²) >= 11 is 0. The van der Waals surface area contributed by atoms with Gasteiger partial charge >= 0.3 is 5.97 Å². The van der Waals surface area contributed by atoms with Crippen LogP contribution in [0.1, 0.15) is 30.9 Å². The molecule has 0 bridgehead atoms. The van der Waals surface area contributed by atoms with E-state index in [2.05, 4.69) is 5.32 Å². The Balaban J connectivity index is 1.85. The highest BCUT2D eigenvalue weighted by molar-refractivity contribution is 6.24. The molecular formula is C21H22N2O5. The molecule has 146 valence electrons. The number of aryl methyl sites for hydroxylation is 1. The van der Waals surface area contributed by atoms with E-state index in [1.54, 1.807) is 50.2 Å². The molecule has 2 aromatic rings. The van der Waals surface area contributed by atoms with Crippen molar-refractivity contribution in [2.45, 2.75) is 31.8 Å². The number of hydrogen-bond donors (Lipinski definition) is 1. The van der Waals surface area contributed by atoms with Gasteiger partial charge in [0.15, 0.2) is 0 Å². The van der Waals surface area contributed by atoms with Gasteiger partial charge in [-0.05, 0) is 37.6 Å². The van der Waals surface area contributed by atoms with E-state index < -0.39 is 35.3 Å². The van der Waals surface area contributed by atoms with Crippen molar-refractivity contribution in [1.82, 2.24) is 5.32 Å². The smallest absolute Gasteiger partial charge is 0.326 e. The summed E-state index contributed by atoms with van der Waals surface area (Å²) in [6.07, 6.45) is 0.304. The second-order valence-electron chi connectivity index (χ2n) is 7.24. The molecule has 0 aliphatic carbocycles. The molecule has 0 saturated carbocycles. The zero-order chi connectivity index (χ0) is 20.1. The molecule has 2 aliphatic rings. The first-order valence-corrected chi connectivity index (χ1v) is 9.30. The van der Waals surface area contributed by atoms with Crippen molar-refractivity contribution in [2.24, 2.45) is 11.8 Å². The first-order valence-electron chi connectivity index (χ1n) is 9.30. The van der Waals surface area contributed by atoms with Gasteiger partial charge in [0.25, 0.3) is 0 Å². The molecule has 4 atom stereocenters. The van der Waals surface area contributed by atoms with Gasteiger partial charge in [-0.1, -0.05) is 25.1 Å². The monoisotopic (exact) mass is 382 g/mol. The molecule has 7 nitrogen and oxygen atoms in total. The van der Waals surface area contributed by atoms with Crippen LogP contribution in [0.15, 0.2) is 46.9 Å². The summed E-state index contributed by atoms with van der Waals surface area (Å²) in [6, 6.07) is 11.7. The van der Waals surface area contributed by atoms with Gasteiger partial charge in [-0.2, -0.15) is 0 Å². The maximum atomic E-state index is 13.4. The summed E-state index contributed by atoms with van der Waals surface area (Å²) in [4.78, 5) is 40.8. The third kappa shape index (κ3) is 2.43. The minimum Gasteiger partial charge on any atom is -0.468 e. The lowest BCUT2D eigenvalue weighted by Gasteiger charge is -2.31. The first kappa shape index (κ1) is 18.4. The summed E-state index contributed by atoms with van der Waals surface area (Å²) in [5.41, 5.74) is -0.794. The van der Waals surface area contributed by atoms with Crippen LogP contribution in [0.5, 0.6) is 0 Å². The Hall–Kier alpha value is -2.93.